The molecule has 14 heteroatoms. The highest BCUT2D eigenvalue weighted by Crippen LogP contribution is 2.52. The van der Waals surface area contributed by atoms with Gasteiger partial charge in [0.15, 0.2) is 5.78 Å². The number of fused-ring (bicyclic) bond motifs is 1. The van der Waals surface area contributed by atoms with Crippen LogP contribution in [-0.4, -0.2) is 84.9 Å². The zero-order valence-corrected chi connectivity index (χ0v) is 28.9. The molecule has 6 atom stereocenters. The van der Waals surface area contributed by atoms with Crippen LogP contribution >= 0.6 is 0 Å². The minimum Gasteiger partial charge on any atom is -0.465 e. The number of carbonyl (C=O) groups excluding carboxylic acids is 4. The average Bonchev–Trinajstić information content (AvgIpc) is 3.59. The summed E-state index contributed by atoms with van der Waals surface area (Å²) >= 11 is 0. The fourth-order valence-electron chi connectivity index (χ4n) is 6.36. The molecule has 1 aliphatic heterocycles. The van der Waals surface area contributed by atoms with Crippen molar-refractivity contribution in [1.29, 1.82) is 1.43 Å². The number of aliphatic hydroxyl groups is 1. The Labute approximate surface area is 295 Å². The summed E-state index contributed by atoms with van der Waals surface area (Å²) in [6, 6.07) is 0. The molecule has 50 heavy (non-hydrogen) atoms. The number of nitrogens with zero attached hydrogens (tertiary/aromatic N) is 1. The van der Waals surface area contributed by atoms with E-state index in [-0.39, 0.29) is 37.0 Å². The van der Waals surface area contributed by atoms with Crippen LogP contribution in [0, 0.1) is 29.6 Å². The molecule has 1 aromatic heterocycles. The standard InChI is InChI=1S/C35H47N3O11.CH4/c1-23(40)20-46-22-33(43)49-28-17-31(48-29(28)19-39)38-18-24(34(44)37-35(38)45)14-15-30(41)36-16-10-6-2-3-9-13-32(42)47-21-27-25-11-7-4-5-8-12-26(25)27;/h14-15,18,25-29,31,39H,2-3,6-13,16-17,19-22H2,1H3,(H,36,41)(H,37,44,45);1H4/b15-14+;/t25-,26+,27?,28?,29-,31-;/m1./s1/i39D;1T. The summed E-state index contributed by atoms with van der Waals surface area (Å²) < 4.78 is 35.6. The molecule has 3 N–H and O–H groups in total. The highest BCUT2D eigenvalue weighted by atomic mass is 16.6. The highest BCUT2D eigenvalue weighted by Gasteiger charge is 2.49. The number of H-pyrrole nitrogens is 1. The maximum absolute atomic E-state index is 12.6. The molecular formula is C36H51N3O11. The predicted octanol–water partition coefficient (Wildman–Crippen LogP) is 2.42. The largest absolute Gasteiger partial charge is 0.465 e. The van der Waals surface area contributed by atoms with E-state index in [4.69, 9.17) is 21.7 Å². The van der Waals surface area contributed by atoms with Gasteiger partial charge in [-0.1, -0.05) is 26.7 Å². The molecule has 4 rings (SSSR count). The van der Waals surface area contributed by atoms with Gasteiger partial charge >= 0.3 is 17.6 Å². The maximum Gasteiger partial charge on any atom is 0.332 e. The molecule has 1 aromatic rings. The van der Waals surface area contributed by atoms with Crippen LogP contribution in [0.15, 0.2) is 21.9 Å². The fraction of sp³-hybridized carbons (Fsp3) is 0.667. The van der Waals surface area contributed by atoms with Crippen LogP contribution in [0.1, 0.15) is 98.1 Å². The van der Waals surface area contributed by atoms with Crippen molar-refractivity contribution in [2.45, 2.75) is 103 Å². The average molecular weight is 705 g/mol. The van der Waals surface area contributed by atoms with Gasteiger partial charge in [0.1, 0.15) is 31.6 Å². The molecule has 2 fully saturated rings. The Hall–Kier alpha value is -4.06. The fourth-order valence-corrected chi connectivity index (χ4v) is 6.36. The summed E-state index contributed by atoms with van der Waals surface area (Å²) in [7, 11) is 1.25. The second-order valence-corrected chi connectivity index (χ2v) is 12.8. The summed E-state index contributed by atoms with van der Waals surface area (Å²) in [5.41, 5.74) is -1.47. The summed E-state index contributed by atoms with van der Waals surface area (Å²) in [4.78, 5) is 75.0. The topological polar surface area (TPSA) is 192 Å². The van der Waals surface area contributed by atoms with Crippen molar-refractivity contribution in [3.05, 3.63) is 38.7 Å². The van der Waals surface area contributed by atoms with Crippen molar-refractivity contribution in [2.24, 2.45) is 17.8 Å². The smallest absolute Gasteiger partial charge is 0.332 e. The Morgan fingerprint density at radius 3 is 2.56 bits per heavy atom. The summed E-state index contributed by atoms with van der Waals surface area (Å²) in [5.74, 6) is 6.65. The predicted molar refractivity (Wildman–Crippen MR) is 182 cm³/mol. The van der Waals surface area contributed by atoms with Crippen molar-refractivity contribution in [2.75, 3.05) is 33.0 Å². The molecule has 1 amide bonds. The number of hydrogen-bond acceptors (Lipinski definition) is 11. The highest BCUT2D eigenvalue weighted by molar-refractivity contribution is 5.91. The number of hydrogen-bond donors (Lipinski definition) is 3. The molecular weight excluding hydrogens is 650 g/mol. The van der Waals surface area contributed by atoms with Gasteiger partial charge in [0.2, 0.25) is 7.34 Å². The second-order valence-electron chi connectivity index (χ2n) is 12.8. The normalized spacial score (nSPS) is 24.1. The maximum atomic E-state index is 12.6. The summed E-state index contributed by atoms with van der Waals surface area (Å²) in [5, 5.41) is 7.18. The van der Waals surface area contributed by atoms with E-state index in [1.807, 2.05) is 0 Å². The van der Waals surface area contributed by atoms with Crippen LogP contribution in [0.25, 0.3) is 6.08 Å². The van der Waals surface area contributed by atoms with Crippen molar-refractivity contribution >= 4 is 29.7 Å². The molecule has 2 heterocycles. The zero-order valence-electron chi connectivity index (χ0n) is 30.9. The van der Waals surface area contributed by atoms with E-state index in [9.17, 15) is 28.8 Å². The Balaban J connectivity index is 0.00000358. The number of aliphatic hydroxyl groups excluding tert-OH is 1. The van der Waals surface area contributed by atoms with Crippen molar-refractivity contribution in [3.8, 4) is 11.8 Å². The molecule has 3 aliphatic rings. The van der Waals surface area contributed by atoms with E-state index in [1.54, 1.807) is 0 Å². The second kappa shape index (κ2) is 20.6. The minimum absolute atomic E-state index is 0.00380. The molecule has 276 valence electrons. The van der Waals surface area contributed by atoms with Gasteiger partial charge in [-0.15, -0.1) is 11.8 Å². The van der Waals surface area contributed by atoms with Gasteiger partial charge in [-0.05, 0) is 56.4 Å². The van der Waals surface area contributed by atoms with E-state index in [1.165, 1.54) is 32.7 Å². The molecule has 0 aromatic carbocycles. The van der Waals surface area contributed by atoms with Crippen molar-refractivity contribution < 1.29 is 44.6 Å². The third-order valence-electron chi connectivity index (χ3n) is 9.01. The Morgan fingerprint density at radius 2 is 1.84 bits per heavy atom. The number of amides is 1. The minimum atomic E-state index is -0.973. The number of ether oxygens (including phenoxy) is 4. The molecule has 2 aliphatic carbocycles. The van der Waals surface area contributed by atoms with Crippen LogP contribution in [0.5, 0.6) is 0 Å². The quantitative estimate of drug-likeness (QED) is 0.0782. The lowest BCUT2D eigenvalue weighted by molar-refractivity contribution is -0.158. The molecule has 0 radical (unpaired) electrons. The molecule has 1 saturated heterocycles. The molecule has 2 unspecified atom stereocenters. The number of rotatable bonds is 20. The van der Waals surface area contributed by atoms with E-state index in [0.29, 0.717) is 37.3 Å². The summed E-state index contributed by atoms with van der Waals surface area (Å²) in [6.07, 6.45) is 9.71. The first kappa shape index (κ1) is 37.2. The molecule has 0 bridgehead atoms. The van der Waals surface area contributed by atoms with Gasteiger partial charge in [0.25, 0.3) is 5.56 Å². The van der Waals surface area contributed by atoms with Crippen LogP contribution < -0.4 is 16.6 Å². The van der Waals surface area contributed by atoms with Crippen LogP contribution in [0.4, 0.5) is 0 Å². The van der Waals surface area contributed by atoms with Crippen LogP contribution in [0.3, 0.4) is 0 Å². The number of esters is 2. The first-order chi connectivity index (χ1) is 25.2. The SMILES string of the molecule is [2H]OC[C@H]1O[C@@H](n2cc(/C=C/C(=O)NCCCCCCCC(=O)OCC3[C@H]4CCC#CCC[C@@H]34)c(=O)[nH]c2=O)CC1OC(=O)COCC(C)=O.[3H]C. The summed E-state index contributed by atoms with van der Waals surface area (Å²) in [6.45, 7) is 1.29. The number of Topliss-reactive ketones (excluding diaryl/α,β-unsaturated/α-hetero) is 1. The molecule has 0 spiro atoms. The van der Waals surface area contributed by atoms with E-state index in [0.717, 1.165) is 62.4 Å². The number of ketones is 1. The van der Waals surface area contributed by atoms with E-state index >= 15 is 0 Å². The number of nitrogens with one attached hydrogen (secondary N) is 2. The Kier molecular flexibility index (Phi) is 15.3. The monoisotopic (exact) mass is 704 g/mol. The van der Waals surface area contributed by atoms with Crippen LogP contribution in [-0.2, 0) is 38.1 Å². The Morgan fingerprint density at radius 1 is 1.12 bits per heavy atom. The van der Waals surface area contributed by atoms with Gasteiger partial charge in [-0.25, -0.2) is 9.59 Å². The van der Waals surface area contributed by atoms with Crippen molar-refractivity contribution in [3.63, 3.8) is 0 Å². The first-order valence-corrected chi connectivity index (χ1v) is 17.1. The lowest BCUT2D eigenvalue weighted by Gasteiger charge is -2.16. The molecule has 1 saturated carbocycles. The zero-order chi connectivity index (χ0) is 37.9. The molecule has 14 nitrogen and oxygen atoms in total. The van der Waals surface area contributed by atoms with Gasteiger partial charge in [0, 0.05) is 45.9 Å². The van der Waals surface area contributed by atoms with Crippen molar-refractivity contribution in [1.82, 2.24) is 14.9 Å². The van der Waals surface area contributed by atoms with E-state index < -0.39 is 48.2 Å². The first-order valence-electron chi connectivity index (χ1n) is 18.5. The lowest BCUT2D eigenvalue weighted by atomic mass is 10.1. The third-order valence-corrected chi connectivity index (χ3v) is 9.01. The third kappa shape index (κ3) is 12.7. The van der Waals surface area contributed by atoms with Gasteiger partial charge in [-0.2, -0.15) is 0 Å². The number of carbonyl (C=O) groups is 4. The number of aromatic nitrogens is 2. The van der Waals surface area contributed by atoms with Gasteiger partial charge in [0.05, 0.1) is 18.8 Å². The number of aromatic amines is 1. The Bertz CT molecular complexity index is 1530. The lowest BCUT2D eigenvalue weighted by Crippen LogP contribution is -2.33. The van der Waals surface area contributed by atoms with Crippen LogP contribution in [0.2, 0.25) is 0 Å². The number of unbranched alkanes of at least 4 members (excludes halogenated alkanes) is 4. The van der Waals surface area contributed by atoms with Gasteiger partial charge in [-0.3, -0.25) is 28.7 Å². The van der Waals surface area contributed by atoms with Gasteiger partial charge < -0.3 is 29.4 Å². The van der Waals surface area contributed by atoms with E-state index in [2.05, 4.69) is 27.3 Å².